The minimum absolute atomic E-state index is 0.883. The summed E-state index contributed by atoms with van der Waals surface area (Å²) in [7, 11) is 0. The van der Waals surface area contributed by atoms with E-state index in [-0.39, 0.29) is 0 Å². The van der Waals surface area contributed by atoms with Crippen LogP contribution < -0.4 is 10.2 Å². The highest BCUT2D eigenvalue weighted by Crippen LogP contribution is 2.27. The van der Waals surface area contributed by atoms with Crippen LogP contribution in [0.4, 0.5) is 5.69 Å². The monoisotopic (exact) mass is 348 g/mol. The Morgan fingerprint density at radius 1 is 1.33 bits per heavy atom. The summed E-state index contributed by atoms with van der Waals surface area (Å²) in [6.07, 6.45) is 0. The maximum Gasteiger partial charge on any atom is 0.0739 e. The number of nitrogens with one attached hydrogen (secondary N) is 1. The molecule has 0 radical (unpaired) electrons. The lowest BCUT2D eigenvalue weighted by Crippen LogP contribution is -2.29. The average Bonchev–Trinajstić information content (AvgIpc) is 2.67. The number of halogens is 1. The standard InChI is InChI=1S/C16H21BrN4/c1-3-21-15(16(17)12(2)19-21)11-20-9-8-18-10-13-6-4-5-7-14(13)20/h4-7,18H,3,8-11H2,1-2H3. The molecule has 0 saturated heterocycles. The number of hydrogen-bond donors (Lipinski definition) is 1. The zero-order valence-electron chi connectivity index (χ0n) is 12.6. The first kappa shape index (κ1) is 14.6. The van der Waals surface area contributed by atoms with E-state index in [2.05, 4.69) is 74.0 Å². The van der Waals surface area contributed by atoms with Crippen molar-refractivity contribution in [3.05, 3.63) is 45.7 Å². The second-order valence-corrected chi connectivity index (χ2v) is 6.18. The Balaban J connectivity index is 1.95. The molecule has 0 amide bonds. The number of nitrogens with zero attached hydrogens (tertiary/aromatic N) is 3. The highest BCUT2D eigenvalue weighted by atomic mass is 79.9. The van der Waals surface area contributed by atoms with E-state index in [1.54, 1.807) is 0 Å². The molecule has 4 nitrogen and oxygen atoms in total. The largest absolute Gasteiger partial charge is 0.364 e. The predicted molar refractivity (Wildman–Crippen MR) is 89.5 cm³/mol. The summed E-state index contributed by atoms with van der Waals surface area (Å²) in [6.45, 7) is 8.93. The van der Waals surface area contributed by atoms with Crippen molar-refractivity contribution >= 4 is 21.6 Å². The molecule has 21 heavy (non-hydrogen) atoms. The first-order valence-electron chi connectivity index (χ1n) is 7.46. The van der Waals surface area contributed by atoms with E-state index >= 15 is 0 Å². The van der Waals surface area contributed by atoms with E-state index in [4.69, 9.17) is 0 Å². The molecule has 0 atom stereocenters. The van der Waals surface area contributed by atoms with Crippen molar-refractivity contribution in [1.29, 1.82) is 0 Å². The molecule has 0 spiro atoms. The molecule has 2 aromatic rings. The van der Waals surface area contributed by atoms with Crippen molar-refractivity contribution in [2.24, 2.45) is 0 Å². The zero-order valence-corrected chi connectivity index (χ0v) is 14.2. The number of anilines is 1. The second-order valence-electron chi connectivity index (χ2n) is 5.39. The number of benzene rings is 1. The third-order valence-corrected chi connectivity index (χ3v) is 5.03. The van der Waals surface area contributed by atoms with Gasteiger partial charge in [0.2, 0.25) is 0 Å². The van der Waals surface area contributed by atoms with Gasteiger partial charge < -0.3 is 10.2 Å². The van der Waals surface area contributed by atoms with Crippen molar-refractivity contribution in [3.63, 3.8) is 0 Å². The summed E-state index contributed by atoms with van der Waals surface area (Å²) in [5.74, 6) is 0. The van der Waals surface area contributed by atoms with Gasteiger partial charge in [0.15, 0.2) is 0 Å². The molecule has 0 aliphatic carbocycles. The SMILES string of the molecule is CCn1nc(C)c(Br)c1CN1CCNCc2ccccc21. The maximum absolute atomic E-state index is 4.60. The molecule has 0 saturated carbocycles. The summed E-state index contributed by atoms with van der Waals surface area (Å²) >= 11 is 3.70. The Bertz CT molecular complexity index is 635. The number of fused-ring (bicyclic) bond motifs is 1. The Labute approximate surface area is 134 Å². The fraction of sp³-hybridized carbons (Fsp3) is 0.438. The fourth-order valence-corrected chi connectivity index (χ4v) is 3.30. The van der Waals surface area contributed by atoms with Gasteiger partial charge in [0, 0.05) is 31.9 Å². The van der Waals surface area contributed by atoms with Crippen LogP contribution in [0.2, 0.25) is 0 Å². The van der Waals surface area contributed by atoms with Crippen LogP contribution in [-0.2, 0) is 19.6 Å². The van der Waals surface area contributed by atoms with Gasteiger partial charge in [-0.1, -0.05) is 18.2 Å². The molecule has 1 aliphatic rings. The topological polar surface area (TPSA) is 33.1 Å². The molecular formula is C16H21BrN4. The number of para-hydroxylation sites is 1. The third kappa shape index (κ3) is 2.85. The molecule has 1 aliphatic heterocycles. The fourth-order valence-electron chi connectivity index (χ4n) is 2.89. The Kier molecular flexibility index (Phi) is 4.31. The molecule has 5 heteroatoms. The Morgan fingerprint density at radius 2 is 2.14 bits per heavy atom. The minimum atomic E-state index is 0.883. The molecule has 2 heterocycles. The van der Waals surface area contributed by atoms with Gasteiger partial charge in [-0.05, 0) is 41.4 Å². The van der Waals surface area contributed by atoms with Crippen molar-refractivity contribution in [2.75, 3.05) is 18.0 Å². The van der Waals surface area contributed by atoms with E-state index in [1.807, 2.05) is 0 Å². The van der Waals surface area contributed by atoms with Crippen LogP contribution in [-0.4, -0.2) is 22.9 Å². The molecule has 0 unspecified atom stereocenters. The summed E-state index contributed by atoms with van der Waals surface area (Å²) < 4.78 is 3.24. The smallest absolute Gasteiger partial charge is 0.0739 e. The highest BCUT2D eigenvalue weighted by molar-refractivity contribution is 9.10. The quantitative estimate of drug-likeness (QED) is 0.925. The molecular weight excluding hydrogens is 328 g/mol. The van der Waals surface area contributed by atoms with Crippen LogP contribution in [0.25, 0.3) is 0 Å². The van der Waals surface area contributed by atoms with Crippen molar-refractivity contribution in [1.82, 2.24) is 15.1 Å². The van der Waals surface area contributed by atoms with Gasteiger partial charge in [-0.25, -0.2) is 0 Å². The molecule has 1 aromatic heterocycles. The number of aromatic nitrogens is 2. The van der Waals surface area contributed by atoms with Crippen LogP contribution in [0.3, 0.4) is 0 Å². The highest BCUT2D eigenvalue weighted by Gasteiger charge is 2.19. The summed E-state index contributed by atoms with van der Waals surface area (Å²) in [6, 6.07) is 8.66. The summed E-state index contributed by atoms with van der Waals surface area (Å²) in [5, 5.41) is 8.09. The summed E-state index contributed by atoms with van der Waals surface area (Å²) in [5.41, 5.74) is 5.01. The van der Waals surface area contributed by atoms with Crippen molar-refractivity contribution in [3.8, 4) is 0 Å². The van der Waals surface area contributed by atoms with E-state index in [0.717, 1.165) is 42.9 Å². The Hall–Kier alpha value is -1.33. The van der Waals surface area contributed by atoms with Crippen molar-refractivity contribution in [2.45, 2.75) is 33.5 Å². The predicted octanol–water partition coefficient (Wildman–Crippen LogP) is 3.08. The lowest BCUT2D eigenvalue weighted by atomic mass is 10.1. The number of rotatable bonds is 3. The summed E-state index contributed by atoms with van der Waals surface area (Å²) in [4.78, 5) is 2.45. The van der Waals surface area contributed by atoms with E-state index in [9.17, 15) is 0 Å². The Morgan fingerprint density at radius 3 is 2.95 bits per heavy atom. The number of aryl methyl sites for hydroxylation is 2. The lowest BCUT2D eigenvalue weighted by Gasteiger charge is -2.25. The van der Waals surface area contributed by atoms with Gasteiger partial charge in [-0.2, -0.15) is 5.10 Å². The zero-order chi connectivity index (χ0) is 14.8. The van der Waals surface area contributed by atoms with E-state index in [0.29, 0.717) is 0 Å². The normalized spacial score (nSPS) is 14.9. The molecule has 112 valence electrons. The van der Waals surface area contributed by atoms with Gasteiger partial charge in [0.1, 0.15) is 0 Å². The first-order valence-corrected chi connectivity index (χ1v) is 8.25. The van der Waals surface area contributed by atoms with Crippen LogP contribution in [0, 0.1) is 6.92 Å². The van der Waals surface area contributed by atoms with Gasteiger partial charge in [0.25, 0.3) is 0 Å². The number of hydrogen-bond acceptors (Lipinski definition) is 3. The van der Waals surface area contributed by atoms with Crippen molar-refractivity contribution < 1.29 is 0 Å². The second kappa shape index (κ2) is 6.20. The first-order chi connectivity index (χ1) is 10.2. The molecule has 0 bridgehead atoms. The van der Waals surface area contributed by atoms with Gasteiger partial charge in [-0.3, -0.25) is 4.68 Å². The van der Waals surface area contributed by atoms with Crippen LogP contribution in [0.5, 0.6) is 0 Å². The molecule has 1 aromatic carbocycles. The molecule has 1 N–H and O–H groups in total. The molecule has 3 rings (SSSR count). The minimum Gasteiger partial charge on any atom is -0.364 e. The van der Waals surface area contributed by atoms with Crippen LogP contribution >= 0.6 is 15.9 Å². The van der Waals surface area contributed by atoms with Gasteiger partial charge >= 0.3 is 0 Å². The van der Waals surface area contributed by atoms with E-state index in [1.165, 1.54) is 16.9 Å². The lowest BCUT2D eigenvalue weighted by molar-refractivity contribution is 0.601. The maximum atomic E-state index is 4.60. The third-order valence-electron chi connectivity index (χ3n) is 4.00. The molecule has 0 fully saturated rings. The van der Waals surface area contributed by atoms with Gasteiger partial charge in [-0.15, -0.1) is 0 Å². The average molecular weight is 349 g/mol. The van der Waals surface area contributed by atoms with Crippen LogP contribution in [0.15, 0.2) is 28.7 Å². The van der Waals surface area contributed by atoms with E-state index < -0.39 is 0 Å². The van der Waals surface area contributed by atoms with Gasteiger partial charge in [0.05, 0.1) is 22.4 Å². The van der Waals surface area contributed by atoms with Crippen LogP contribution in [0.1, 0.15) is 23.9 Å².